The minimum absolute atomic E-state index is 0.00192. The van der Waals surface area contributed by atoms with E-state index in [0.717, 1.165) is 31.4 Å². The minimum atomic E-state index is -0.945. The molecule has 248 valence electrons. The number of nitrogens with one attached hydrogen (secondary N) is 3. The molecule has 2 unspecified atom stereocenters. The van der Waals surface area contributed by atoms with Crippen molar-refractivity contribution in [2.75, 3.05) is 13.1 Å². The molecule has 0 bridgehead atoms. The molecule has 6 atom stereocenters. The van der Waals surface area contributed by atoms with E-state index in [4.69, 9.17) is 0 Å². The number of nitrogens with zero attached hydrogens (tertiary/aromatic N) is 3. The van der Waals surface area contributed by atoms with Crippen LogP contribution in [0.4, 0.5) is 0 Å². The lowest BCUT2D eigenvalue weighted by Gasteiger charge is -2.47. The number of carbonyl (C=O) groups is 3. The van der Waals surface area contributed by atoms with Crippen molar-refractivity contribution in [1.29, 1.82) is 0 Å². The summed E-state index contributed by atoms with van der Waals surface area (Å²) in [5.74, 6) is 0.332. The molecular formula is C35H54N6O4. The Balaban J connectivity index is 1.54. The van der Waals surface area contributed by atoms with E-state index in [9.17, 15) is 19.5 Å². The van der Waals surface area contributed by atoms with Gasteiger partial charge in [-0.25, -0.2) is 0 Å². The third-order valence-electron chi connectivity index (χ3n) is 9.11. The second-order valence-electron chi connectivity index (χ2n) is 15.2. The van der Waals surface area contributed by atoms with Crippen LogP contribution in [0.25, 0.3) is 0 Å². The fourth-order valence-electron chi connectivity index (χ4n) is 6.83. The summed E-state index contributed by atoms with van der Waals surface area (Å²) in [6, 6.07) is 9.70. The van der Waals surface area contributed by atoms with Crippen LogP contribution >= 0.6 is 0 Å². The zero-order valence-electron chi connectivity index (χ0n) is 28.0. The van der Waals surface area contributed by atoms with E-state index in [1.807, 2.05) is 71.9 Å². The van der Waals surface area contributed by atoms with Gasteiger partial charge in [-0.3, -0.25) is 24.0 Å². The second kappa shape index (κ2) is 14.9. The molecule has 1 saturated heterocycles. The Morgan fingerprint density at radius 2 is 1.67 bits per heavy atom. The lowest BCUT2D eigenvalue weighted by Crippen LogP contribution is -2.62. The van der Waals surface area contributed by atoms with E-state index in [0.29, 0.717) is 18.3 Å². The molecule has 10 nitrogen and oxygen atoms in total. The molecule has 4 N–H and O–H groups in total. The summed E-state index contributed by atoms with van der Waals surface area (Å²) in [5.41, 5.74) is 0.0219. The molecule has 0 radical (unpaired) electrons. The third kappa shape index (κ3) is 10.1. The Labute approximate surface area is 268 Å². The number of fused-ring (bicyclic) bond motifs is 1. The Morgan fingerprint density at radius 1 is 0.978 bits per heavy atom. The molecule has 1 aliphatic carbocycles. The second-order valence-corrected chi connectivity index (χ2v) is 15.2. The lowest BCUT2D eigenvalue weighted by atomic mass is 9.72. The highest BCUT2D eigenvalue weighted by molar-refractivity contribution is 5.88. The van der Waals surface area contributed by atoms with Gasteiger partial charge in [0.05, 0.1) is 18.2 Å². The highest BCUT2D eigenvalue weighted by Gasteiger charge is 2.42. The first-order valence-corrected chi connectivity index (χ1v) is 16.5. The molecule has 1 saturated carbocycles. The van der Waals surface area contributed by atoms with Crippen LogP contribution in [0, 0.1) is 17.3 Å². The van der Waals surface area contributed by atoms with Crippen LogP contribution in [-0.4, -0.2) is 80.4 Å². The number of amides is 3. The molecule has 45 heavy (non-hydrogen) atoms. The van der Waals surface area contributed by atoms with Gasteiger partial charge in [0.15, 0.2) is 0 Å². The predicted molar refractivity (Wildman–Crippen MR) is 175 cm³/mol. The largest absolute Gasteiger partial charge is 0.390 e. The molecule has 1 aromatic carbocycles. The normalized spacial score (nSPS) is 22.9. The van der Waals surface area contributed by atoms with Crippen molar-refractivity contribution in [3.8, 4) is 0 Å². The van der Waals surface area contributed by atoms with Crippen LogP contribution < -0.4 is 16.0 Å². The van der Waals surface area contributed by atoms with E-state index in [-0.39, 0.29) is 42.4 Å². The van der Waals surface area contributed by atoms with E-state index in [1.165, 1.54) is 17.5 Å². The first-order valence-electron chi connectivity index (χ1n) is 16.5. The number of carbonyl (C=O) groups excluding carboxylic acids is 3. The number of likely N-dealkylation sites (tertiary alicyclic amines) is 1. The summed E-state index contributed by atoms with van der Waals surface area (Å²) in [6.45, 7) is 12.7. The summed E-state index contributed by atoms with van der Waals surface area (Å²) in [7, 11) is 0. The molecule has 10 heteroatoms. The van der Waals surface area contributed by atoms with Crippen molar-refractivity contribution in [2.24, 2.45) is 17.3 Å². The molecule has 2 heterocycles. The summed E-state index contributed by atoms with van der Waals surface area (Å²) >= 11 is 0. The summed E-state index contributed by atoms with van der Waals surface area (Å²) < 4.78 is 1.51. The van der Waals surface area contributed by atoms with Crippen molar-refractivity contribution in [1.82, 2.24) is 30.6 Å². The smallest absolute Gasteiger partial charge is 0.243 e. The summed E-state index contributed by atoms with van der Waals surface area (Å²) in [4.78, 5) is 42.6. The number of aromatic nitrogens is 2. The third-order valence-corrected chi connectivity index (χ3v) is 9.11. The van der Waals surface area contributed by atoms with Crippen molar-refractivity contribution >= 4 is 17.7 Å². The van der Waals surface area contributed by atoms with Gasteiger partial charge in [0.1, 0.15) is 12.6 Å². The van der Waals surface area contributed by atoms with Gasteiger partial charge in [-0.1, -0.05) is 70.4 Å². The highest BCUT2D eigenvalue weighted by Crippen LogP contribution is 2.39. The van der Waals surface area contributed by atoms with Gasteiger partial charge in [-0.2, -0.15) is 5.10 Å². The maximum atomic E-state index is 13.9. The lowest BCUT2D eigenvalue weighted by molar-refractivity contribution is -0.134. The van der Waals surface area contributed by atoms with Crippen molar-refractivity contribution < 1.29 is 19.5 Å². The van der Waals surface area contributed by atoms with Crippen molar-refractivity contribution in [2.45, 2.75) is 116 Å². The number of aliphatic hydroxyl groups excluding tert-OH is 1. The zero-order chi connectivity index (χ0) is 32.8. The van der Waals surface area contributed by atoms with E-state index in [1.54, 1.807) is 18.5 Å². The van der Waals surface area contributed by atoms with Gasteiger partial charge in [0.2, 0.25) is 17.7 Å². The van der Waals surface area contributed by atoms with Crippen molar-refractivity contribution in [3.05, 3.63) is 54.4 Å². The Morgan fingerprint density at radius 3 is 2.29 bits per heavy atom. The quantitative estimate of drug-likeness (QED) is 0.305. The van der Waals surface area contributed by atoms with Crippen LogP contribution in [0.1, 0.15) is 79.2 Å². The number of benzene rings is 1. The van der Waals surface area contributed by atoms with E-state index in [2.05, 4.69) is 25.9 Å². The van der Waals surface area contributed by atoms with Gasteiger partial charge in [0.25, 0.3) is 0 Å². The van der Waals surface area contributed by atoms with Crippen molar-refractivity contribution in [3.63, 3.8) is 0 Å². The molecule has 2 aliphatic rings. The minimum Gasteiger partial charge on any atom is -0.390 e. The topological polar surface area (TPSA) is 129 Å². The molecule has 4 rings (SSSR count). The first-order chi connectivity index (χ1) is 21.2. The number of β-amino-alcohol motifs (C(OH)–C–C–N with tert-alkyl or cyclic N) is 1. The molecular weight excluding hydrogens is 568 g/mol. The maximum absolute atomic E-state index is 13.9. The zero-order valence-corrected chi connectivity index (χ0v) is 28.0. The fourth-order valence-corrected chi connectivity index (χ4v) is 6.83. The molecule has 1 aromatic heterocycles. The highest BCUT2D eigenvalue weighted by atomic mass is 16.3. The van der Waals surface area contributed by atoms with Crippen LogP contribution in [-0.2, 0) is 27.3 Å². The molecule has 2 fully saturated rings. The number of piperidine rings is 1. The van der Waals surface area contributed by atoms with Gasteiger partial charge >= 0.3 is 0 Å². The summed E-state index contributed by atoms with van der Waals surface area (Å²) in [6.07, 6.45) is 8.23. The summed E-state index contributed by atoms with van der Waals surface area (Å²) in [5, 5.41) is 25.1. The maximum Gasteiger partial charge on any atom is 0.243 e. The van der Waals surface area contributed by atoms with Crippen LogP contribution in [0.3, 0.4) is 0 Å². The van der Waals surface area contributed by atoms with Crippen LogP contribution in [0.2, 0.25) is 0 Å². The van der Waals surface area contributed by atoms with Gasteiger partial charge in [0, 0.05) is 31.0 Å². The standard InChI is InChI=1S/C35H54N6O4/c1-34(2,3)31(38-30(43)23-41-18-12-17-36-41)33(45)37-27(19-24-13-8-7-9-14-24)29(42)22-40-21-26-16-11-10-15-25(26)20-28(40)32(44)39-35(4,5)6/h7-9,12-14,17-18,25-29,31,42H,10-11,15-16,19-23H2,1-6H3,(H,37,45)(H,38,43)(H,39,44)/t25?,26?,27-,28-,29+,31+/m0/s1. The first kappa shape index (κ1) is 34.6. The number of rotatable bonds is 11. The molecule has 1 aliphatic heterocycles. The van der Waals surface area contributed by atoms with Gasteiger partial charge in [-0.05, 0) is 68.9 Å². The van der Waals surface area contributed by atoms with Gasteiger partial charge < -0.3 is 21.1 Å². The predicted octanol–water partition coefficient (Wildman–Crippen LogP) is 3.30. The van der Waals surface area contributed by atoms with Crippen LogP contribution in [0.15, 0.2) is 48.8 Å². The van der Waals surface area contributed by atoms with Crippen LogP contribution in [0.5, 0.6) is 0 Å². The monoisotopic (exact) mass is 622 g/mol. The number of hydrogen-bond acceptors (Lipinski definition) is 6. The van der Waals surface area contributed by atoms with E-state index >= 15 is 0 Å². The Hall–Kier alpha value is -3.24. The molecule has 2 aromatic rings. The Bertz CT molecular complexity index is 1250. The average Bonchev–Trinajstić information content (AvgIpc) is 3.47. The molecule has 0 spiro atoms. The fraction of sp³-hybridized carbons (Fsp3) is 0.657. The SMILES string of the molecule is CC(C)(C)NC(=O)[C@@H]1CC2CCCCC2CN1C[C@@H](O)[C@H](Cc1ccccc1)NC(=O)[C@@H](NC(=O)Cn1cccn1)C(C)(C)C. The van der Waals surface area contributed by atoms with E-state index < -0.39 is 23.6 Å². The number of hydrogen-bond donors (Lipinski definition) is 4. The van der Waals surface area contributed by atoms with Gasteiger partial charge in [-0.15, -0.1) is 0 Å². The average molecular weight is 623 g/mol. The Kier molecular flexibility index (Phi) is 11.5. The molecule has 3 amide bonds. The number of aliphatic hydroxyl groups is 1.